The molecule has 0 spiro atoms. The summed E-state index contributed by atoms with van der Waals surface area (Å²) in [5.41, 5.74) is 4.78. The first-order valence-corrected chi connectivity index (χ1v) is 6.76. The van der Waals surface area contributed by atoms with Crippen LogP contribution in [0.5, 0.6) is 0 Å². The number of hydrogen-bond donors (Lipinski definition) is 4. The lowest BCUT2D eigenvalue weighted by Gasteiger charge is -2.30. The Morgan fingerprint density at radius 2 is 2.24 bits per heavy atom. The molecule has 0 saturated carbocycles. The number of nitrogen functional groups attached to an aromatic ring is 1. The van der Waals surface area contributed by atoms with Crippen molar-refractivity contribution >= 4 is 16.9 Å². The van der Waals surface area contributed by atoms with E-state index < -0.39 is 24.0 Å². The summed E-state index contributed by atoms with van der Waals surface area (Å²) in [6.07, 6.45) is 0.365. The molecule has 1 saturated heterocycles. The molecule has 0 aliphatic carbocycles. The third-order valence-electron chi connectivity index (χ3n) is 4.13. The molecule has 0 amide bonds. The van der Waals surface area contributed by atoms with Crippen LogP contribution in [0, 0.1) is 0 Å². The SMILES string of the molecule is CC[C@@]1(O)C(O)[C@@H](CO)O[C@H]1n1ccc2c(N)ncnc21. The Morgan fingerprint density at radius 1 is 1.48 bits per heavy atom. The van der Waals surface area contributed by atoms with Crippen LogP contribution in [0.25, 0.3) is 11.0 Å². The van der Waals surface area contributed by atoms with E-state index in [0.29, 0.717) is 16.9 Å². The lowest BCUT2D eigenvalue weighted by molar-refractivity contribution is -0.109. The number of nitrogens with zero attached hydrogens (tertiary/aromatic N) is 3. The number of hydrogen-bond acceptors (Lipinski definition) is 7. The van der Waals surface area contributed by atoms with Gasteiger partial charge in [0.15, 0.2) is 6.23 Å². The molecule has 0 aromatic carbocycles. The Balaban J connectivity index is 2.11. The van der Waals surface area contributed by atoms with Crippen LogP contribution in [0.3, 0.4) is 0 Å². The Morgan fingerprint density at radius 3 is 2.90 bits per heavy atom. The number of fused-ring (bicyclic) bond motifs is 1. The van der Waals surface area contributed by atoms with Crippen molar-refractivity contribution in [2.75, 3.05) is 12.3 Å². The summed E-state index contributed by atoms with van der Waals surface area (Å²) in [4.78, 5) is 8.07. The van der Waals surface area contributed by atoms with Crippen LogP contribution < -0.4 is 5.73 Å². The van der Waals surface area contributed by atoms with Gasteiger partial charge in [-0.05, 0) is 12.5 Å². The third kappa shape index (κ3) is 1.91. The van der Waals surface area contributed by atoms with Gasteiger partial charge in [-0.15, -0.1) is 0 Å². The van der Waals surface area contributed by atoms with Crippen molar-refractivity contribution < 1.29 is 20.1 Å². The van der Waals surface area contributed by atoms with Crippen molar-refractivity contribution in [3.05, 3.63) is 18.6 Å². The van der Waals surface area contributed by atoms with Crippen molar-refractivity contribution in [3.63, 3.8) is 0 Å². The van der Waals surface area contributed by atoms with Crippen LogP contribution in [0.2, 0.25) is 0 Å². The lowest BCUT2D eigenvalue weighted by atomic mass is 9.91. The van der Waals surface area contributed by atoms with E-state index in [-0.39, 0.29) is 13.0 Å². The van der Waals surface area contributed by atoms with Gasteiger partial charge >= 0.3 is 0 Å². The van der Waals surface area contributed by atoms with Crippen LogP contribution in [0.15, 0.2) is 18.6 Å². The van der Waals surface area contributed by atoms with Gasteiger partial charge in [-0.2, -0.15) is 0 Å². The number of nitrogens with two attached hydrogens (primary N) is 1. The normalized spacial score (nSPS) is 32.9. The summed E-state index contributed by atoms with van der Waals surface area (Å²) in [5, 5.41) is 30.9. The average molecular weight is 294 g/mol. The monoisotopic (exact) mass is 294 g/mol. The standard InChI is InChI=1S/C13H18N4O4/c1-2-13(20)9(19)8(5-18)21-12(13)17-4-3-7-10(14)15-6-16-11(7)17/h3-4,6,8-9,12,18-20H,2,5H2,1H3,(H2,14,15,16)/t8-,9?,12-,13-/m1/s1. The van der Waals surface area contributed by atoms with E-state index in [1.165, 1.54) is 6.33 Å². The second-order valence-electron chi connectivity index (χ2n) is 5.22. The first-order valence-electron chi connectivity index (χ1n) is 6.76. The van der Waals surface area contributed by atoms with Crippen molar-refractivity contribution in [3.8, 4) is 0 Å². The van der Waals surface area contributed by atoms with Gasteiger partial charge in [0.2, 0.25) is 0 Å². The maximum absolute atomic E-state index is 10.7. The molecule has 1 aliphatic rings. The van der Waals surface area contributed by atoms with Crippen molar-refractivity contribution in [2.45, 2.75) is 37.4 Å². The maximum atomic E-state index is 10.7. The molecule has 0 bridgehead atoms. The fraction of sp³-hybridized carbons (Fsp3) is 0.538. The van der Waals surface area contributed by atoms with Crippen molar-refractivity contribution in [1.82, 2.24) is 14.5 Å². The highest BCUT2D eigenvalue weighted by atomic mass is 16.6. The zero-order chi connectivity index (χ0) is 15.2. The van der Waals surface area contributed by atoms with E-state index in [1.807, 2.05) is 0 Å². The molecular weight excluding hydrogens is 276 g/mol. The minimum Gasteiger partial charge on any atom is -0.394 e. The first kappa shape index (κ1) is 14.2. The molecule has 21 heavy (non-hydrogen) atoms. The molecule has 2 aromatic rings. The molecule has 8 heteroatoms. The maximum Gasteiger partial charge on any atom is 0.167 e. The zero-order valence-electron chi connectivity index (χ0n) is 11.5. The van der Waals surface area contributed by atoms with Crippen LogP contribution >= 0.6 is 0 Å². The highest BCUT2D eigenvalue weighted by molar-refractivity contribution is 5.86. The topological polar surface area (TPSA) is 127 Å². The van der Waals surface area contributed by atoms with Gasteiger partial charge < -0.3 is 30.4 Å². The van der Waals surface area contributed by atoms with Gasteiger partial charge in [-0.25, -0.2) is 9.97 Å². The van der Waals surface area contributed by atoms with Gasteiger partial charge in [0.1, 0.15) is 35.6 Å². The van der Waals surface area contributed by atoms with Gasteiger partial charge in [-0.1, -0.05) is 6.92 Å². The van der Waals surface area contributed by atoms with E-state index in [2.05, 4.69) is 9.97 Å². The number of aromatic nitrogens is 3. The van der Waals surface area contributed by atoms with Crippen LogP contribution in [0.1, 0.15) is 19.6 Å². The van der Waals surface area contributed by atoms with Crippen LogP contribution in [-0.2, 0) is 4.74 Å². The minimum absolute atomic E-state index is 0.259. The third-order valence-corrected chi connectivity index (χ3v) is 4.13. The molecular formula is C13H18N4O4. The second-order valence-corrected chi connectivity index (χ2v) is 5.22. The summed E-state index contributed by atoms with van der Waals surface area (Å²) < 4.78 is 7.24. The first-order chi connectivity index (χ1) is 10.0. The smallest absolute Gasteiger partial charge is 0.167 e. The van der Waals surface area contributed by atoms with E-state index in [4.69, 9.17) is 10.5 Å². The fourth-order valence-electron chi connectivity index (χ4n) is 2.84. The second kappa shape index (κ2) is 4.92. The number of rotatable bonds is 3. The molecule has 114 valence electrons. The van der Waals surface area contributed by atoms with E-state index in [9.17, 15) is 15.3 Å². The highest BCUT2D eigenvalue weighted by Crippen LogP contribution is 2.42. The van der Waals surface area contributed by atoms with Crippen molar-refractivity contribution in [2.24, 2.45) is 0 Å². The molecule has 3 heterocycles. The largest absolute Gasteiger partial charge is 0.394 e. The Hall–Kier alpha value is -1.74. The van der Waals surface area contributed by atoms with E-state index in [0.717, 1.165) is 0 Å². The quantitative estimate of drug-likeness (QED) is 0.595. The molecule has 1 unspecified atom stereocenters. The Labute approximate surface area is 120 Å². The molecule has 5 N–H and O–H groups in total. The molecule has 2 aromatic heterocycles. The molecule has 0 radical (unpaired) electrons. The van der Waals surface area contributed by atoms with E-state index >= 15 is 0 Å². The van der Waals surface area contributed by atoms with E-state index in [1.54, 1.807) is 23.8 Å². The van der Waals surface area contributed by atoms with Gasteiger partial charge in [0, 0.05) is 6.20 Å². The summed E-state index contributed by atoms with van der Waals surface area (Å²) in [6, 6.07) is 1.72. The lowest BCUT2D eigenvalue weighted by Crippen LogP contribution is -2.46. The number of ether oxygens (including phenoxy) is 1. The van der Waals surface area contributed by atoms with Gasteiger partial charge in [0.25, 0.3) is 0 Å². The number of aliphatic hydroxyl groups excluding tert-OH is 2. The average Bonchev–Trinajstić information content (AvgIpc) is 3.01. The summed E-state index contributed by atoms with van der Waals surface area (Å²) >= 11 is 0. The Bertz CT molecular complexity index is 661. The Kier molecular flexibility index (Phi) is 3.33. The molecule has 4 atom stereocenters. The number of anilines is 1. The number of aliphatic hydroxyl groups is 3. The van der Waals surface area contributed by atoms with Gasteiger partial charge in [0.05, 0.1) is 12.0 Å². The van der Waals surface area contributed by atoms with Gasteiger partial charge in [-0.3, -0.25) is 0 Å². The van der Waals surface area contributed by atoms with Crippen LogP contribution in [-0.4, -0.2) is 54.3 Å². The zero-order valence-corrected chi connectivity index (χ0v) is 11.5. The fourth-order valence-corrected chi connectivity index (χ4v) is 2.84. The summed E-state index contributed by atoms with van der Waals surface area (Å²) in [6.45, 7) is 1.37. The molecule has 1 aliphatic heterocycles. The van der Waals surface area contributed by atoms with Crippen LogP contribution in [0.4, 0.5) is 5.82 Å². The predicted molar refractivity (Wildman–Crippen MR) is 74.2 cm³/mol. The minimum atomic E-state index is -1.51. The van der Waals surface area contributed by atoms with Crippen molar-refractivity contribution in [1.29, 1.82) is 0 Å². The molecule has 1 fully saturated rings. The summed E-state index contributed by atoms with van der Waals surface area (Å²) in [5.74, 6) is 0.330. The predicted octanol–water partition coefficient (Wildman–Crippen LogP) is -0.595. The highest BCUT2D eigenvalue weighted by Gasteiger charge is 2.55. The molecule has 8 nitrogen and oxygen atoms in total. The molecule has 3 rings (SSSR count). The summed E-state index contributed by atoms with van der Waals surface area (Å²) in [7, 11) is 0.